The number of nitrogen functional groups attached to an aromatic ring is 1. The minimum Gasteiger partial charge on any atom is -0.394 e. The summed E-state index contributed by atoms with van der Waals surface area (Å²) in [5, 5.41) is 5.10. The molecule has 1 aromatic carbocycles. The molecule has 19 heavy (non-hydrogen) atoms. The predicted octanol–water partition coefficient (Wildman–Crippen LogP) is 2.49. The van der Waals surface area contributed by atoms with E-state index >= 15 is 0 Å². The van der Waals surface area contributed by atoms with Crippen molar-refractivity contribution in [3.8, 4) is 0 Å². The van der Waals surface area contributed by atoms with Gasteiger partial charge in [-0.05, 0) is 19.1 Å². The summed E-state index contributed by atoms with van der Waals surface area (Å²) in [5.41, 5.74) is 4.43. The maximum atomic E-state index is 13.3. The second kappa shape index (κ2) is 5.31. The van der Waals surface area contributed by atoms with Crippen LogP contribution in [0.3, 0.4) is 0 Å². The van der Waals surface area contributed by atoms with Crippen LogP contribution in [0.2, 0.25) is 0 Å². The molecule has 2 aromatic rings. The van der Waals surface area contributed by atoms with E-state index in [1.165, 1.54) is 11.3 Å². The van der Waals surface area contributed by atoms with Crippen LogP contribution < -0.4 is 11.1 Å². The highest BCUT2D eigenvalue weighted by Gasteiger charge is 2.16. The lowest BCUT2D eigenvalue weighted by Gasteiger charge is -2.11. The first-order chi connectivity index (χ1) is 8.99. The Bertz CT molecular complexity index is 578. The number of rotatable bonds is 3. The summed E-state index contributed by atoms with van der Waals surface area (Å²) in [5.74, 6) is -2.49. The summed E-state index contributed by atoms with van der Waals surface area (Å²) >= 11 is 1.38. The topological polar surface area (TPSA) is 68.0 Å². The SMILES string of the molecule is CC(NC(=O)c1cc(F)c(N)c(F)c1)c1nccs1. The molecule has 4 nitrogen and oxygen atoms in total. The Balaban J connectivity index is 2.16. The van der Waals surface area contributed by atoms with Gasteiger partial charge in [-0.2, -0.15) is 0 Å². The number of carbonyl (C=O) groups excluding carboxylic acids is 1. The van der Waals surface area contributed by atoms with E-state index in [1.54, 1.807) is 18.5 Å². The predicted molar refractivity (Wildman–Crippen MR) is 68.8 cm³/mol. The van der Waals surface area contributed by atoms with Gasteiger partial charge in [0.05, 0.1) is 6.04 Å². The number of nitrogens with two attached hydrogens (primary N) is 1. The molecule has 0 saturated heterocycles. The molecule has 0 radical (unpaired) electrons. The van der Waals surface area contributed by atoms with Gasteiger partial charge in [0, 0.05) is 17.1 Å². The molecule has 0 saturated carbocycles. The highest BCUT2D eigenvalue weighted by Crippen LogP contribution is 2.19. The molecule has 1 unspecified atom stereocenters. The van der Waals surface area contributed by atoms with E-state index in [0.717, 1.165) is 12.1 Å². The minimum atomic E-state index is -0.952. The lowest BCUT2D eigenvalue weighted by Crippen LogP contribution is -2.26. The molecule has 2 rings (SSSR count). The maximum Gasteiger partial charge on any atom is 0.252 e. The molecule has 0 fully saturated rings. The molecular weight excluding hydrogens is 272 g/mol. The Hall–Kier alpha value is -2.02. The van der Waals surface area contributed by atoms with Crippen LogP contribution in [-0.2, 0) is 0 Å². The first kappa shape index (κ1) is 13.4. The number of hydrogen-bond donors (Lipinski definition) is 2. The van der Waals surface area contributed by atoms with Crippen molar-refractivity contribution in [3.05, 3.63) is 45.9 Å². The monoisotopic (exact) mass is 283 g/mol. The fourth-order valence-corrected chi connectivity index (χ4v) is 2.15. The van der Waals surface area contributed by atoms with Crippen molar-refractivity contribution in [1.82, 2.24) is 10.3 Å². The van der Waals surface area contributed by atoms with Crippen LogP contribution >= 0.6 is 11.3 Å². The number of anilines is 1. The highest BCUT2D eigenvalue weighted by atomic mass is 32.1. The molecule has 7 heteroatoms. The van der Waals surface area contributed by atoms with E-state index in [-0.39, 0.29) is 11.6 Å². The van der Waals surface area contributed by atoms with Crippen LogP contribution in [-0.4, -0.2) is 10.9 Å². The maximum absolute atomic E-state index is 13.3. The van der Waals surface area contributed by atoms with E-state index in [9.17, 15) is 13.6 Å². The zero-order chi connectivity index (χ0) is 14.0. The summed E-state index contributed by atoms with van der Waals surface area (Å²) in [6.07, 6.45) is 1.62. The zero-order valence-corrected chi connectivity index (χ0v) is 10.8. The molecule has 0 aliphatic heterocycles. The summed E-state index contributed by atoms with van der Waals surface area (Å²) in [6.45, 7) is 1.74. The quantitative estimate of drug-likeness (QED) is 0.850. The van der Waals surface area contributed by atoms with Gasteiger partial charge in [0.1, 0.15) is 22.3 Å². The van der Waals surface area contributed by atoms with Crippen molar-refractivity contribution in [3.63, 3.8) is 0 Å². The van der Waals surface area contributed by atoms with Gasteiger partial charge in [-0.25, -0.2) is 13.8 Å². The highest BCUT2D eigenvalue weighted by molar-refractivity contribution is 7.09. The third kappa shape index (κ3) is 2.87. The summed E-state index contributed by atoms with van der Waals surface area (Å²) in [7, 11) is 0. The molecule has 100 valence electrons. The fourth-order valence-electron chi connectivity index (χ4n) is 1.51. The largest absolute Gasteiger partial charge is 0.394 e. The van der Waals surface area contributed by atoms with Crippen molar-refractivity contribution in [1.29, 1.82) is 0 Å². The number of benzene rings is 1. The Labute approximate surface area is 112 Å². The van der Waals surface area contributed by atoms with Gasteiger partial charge in [0.25, 0.3) is 5.91 Å². The van der Waals surface area contributed by atoms with E-state index in [1.807, 2.05) is 0 Å². The zero-order valence-electron chi connectivity index (χ0n) is 9.98. The number of nitrogens with zero attached hydrogens (tertiary/aromatic N) is 1. The third-order valence-corrected chi connectivity index (χ3v) is 3.47. The van der Waals surface area contributed by atoms with Crippen LogP contribution in [0.25, 0.3) is 0 Å². The number of amides is 1. The molecule has 1 heterocycles. The van der Waals surface area contributed by atoms with Gasteiger partial charge in [-0.15, -0.1) is 11.3 Å². The van der Waals surface area contributed by atoms with Crippen LogP contribution in [0.15, 0.2) is 23.7 Å². The van der Waals surface area contributed by atoms with E-state index in [2.05, 4.69) is 10.3 Å². The Morgan fingerprint density at radius 2 is 2.05 bits per heavy atom. The van der Waals surface area contributed by atoms with Crippen LogP contribution in [0.1, 0.15) is 28.3 Å². The van der Waals surface area contributed by atoms with Crippen molar-refractivity contribution in [2.75, 3.05) is 5.73 Å². The third-order valence-electron chi connectivity index (χ3n) is 2.51. The second-order valence-corrected chi connectivity index (χ2v) is 4.85. The van der Waals surface area contributed by atoms with Crippen LogP contribution in [0.5, 0.6) is 0 Å². The molecule has 0 aliphatic carbocycles. The lowest BCUT2D eigenvalue weighted by atomic mass is 10.1. The Morgan fingerprint density at radius 3 is 2.58 bits per heavy atom. The van der Waals surface area contributed by atoms with Gasteiger partial charge < -0.3 is 11.1 Å². The standard InChI is InChI=1S/C12H11F2N3OS/c1-6(12-16-2-3-19-12)17-11(18)7-4-8(13)10(15)9(14)5-7/h2-6H,15H2,1H3,(H,17,18). The second-order valence-electron chi connectivity index (χ2n) is 3.92. The minimum absolute atomic E-state index is 0.118. The van der Waals surface area contributed by atoms with E-state index in [0.29, 0.717) is 5.01 Å². The molecule has 1 atom stereocenters. The fraction of sp³-hybridized carbons (Fsp3) is 0.167. The number of thiazole rings is 1. The summed E-state index contributed by atoms with van der Waals surface area (Å²) in [4.78, 5) is 15.9. The van der Waals surface area contributed by atoms with Crippen molar-refractivity contribution in [2.45, 2.75) is 13.0 Å². The first-order valence-corrected chi connectivity index (χ1v) is 6.31. The van der Waals surface area contributed by atoms with Gasteiger partial charge in [-0.1, -0.05) is 0 Å². The van der Waals surface area contributed by atoms with E-state index in [4.69, 9.17) is 5.73 Å². The van der Waals surface area contributed by atoms with Crippen molar-refractivity contribution < 1.29 is 13.6 Å². The molecule has 0 spiro atoms. The molecule has 1 aromatic heterocycles. The van der Waals surface area contributed by atoms with Crippen molar-refractivity contribution in [2.24, 2.45) is 0 Å². The number of carbonyl (C=O) groups is 1. The molecule has 1 amide bonds. The Morgan fingerprint density at radius 1 is 1.42 bits per heavy atom. The average molecular weight is 283 g/mol. The van der Waals surface area contributed by atoms with Gasteiger partial charge in [0.2, 0.25) is 0 Å². The van der Waals surface area contributed by atoms with E-state index < -0.39 is 23.2 Å². The summed E-state index contributed by atoms with van der Waals surface area (Å²) in [6, 6.07) is 1.47. The van der Waals surface area contributed by atoms with Gasteiger partial charge in [-0.3, -0.25) is 4.79 Å². The van der Waals surface area contributed by atoms with Crippen molar-refractivity contribution >= 4 is 22.9 Å². The molecule has 0 bridgehead atoms. The first-order valence-electron chi connectivity index (χ1n) is 5.44. The average Bonchev–Trinajstić information content (AvgIpc) is 2.89. The Kier molecular flexibility index (Phi) is 3.75. The van der Waals surface area contributed by atoms with Crippen LogP contribution in [0, 0.1) is 11.6 Å². The normalized spacial score (nSPS) is 12.2. The van der Waals surface area contributed by atoms with Crippen LogP contribution in [0.4, 0.5) is 14.5 Å². The lowest BCUT2D eigenvalue weighted by molar-refractivity contribution is 0.0939. The smallest absolute Gasteiger partial charge is 0.252 e. The number of nitrogens with one attached hydrogen (secondary N) is 1. The molecule has 3 N–H and O–H groups in total. The summed E-state index contributed by atoms with van der Waals surface area (Å²) < 4.78 is 26.5. The number of halogens is 2. The number of aromatic nitrogens is 1. The molecular formula is C12H11F2N3OS. The van der Waals surface area contributed by atoms with Gasteiger partial charge >= 0.3 is 0 Å². The number of hydrogen-bond acceptors (Lipinski definition) is 4. The van der Waals surface area contributed by atoms with Gasteiger partial charge in [0.15, 0.2) is 0 Å². The molecule has 0 aliphatic rings.